The molecule has 2 amide bonds. The van der Waals surface area contributed by atoms with Gasteiger partial charge in [0.2, 0.25) is 5.91 Å². The summed E-state index contributed by atoms with van der Waals surface area (Å²) in [6, 6.07) is 7.34. The van der Waals surface area contributed by atoms with Crippen LogP contribution in [0.2, 0.25) is 5.02 Å². The van der Waals surface area contributed by atoms with Crippen LogP contribution in [-0.2, 0) is 9.59 Å². The molecule has 3 unspecified atom stereocenters. The molecule has 1 aromatic heterocycles. The lowest BCUT2D eigenvalue weighted by molar-refractivity contribution is -0.143. The van der Waals surface area contributed by atoms with Crippen molar-refractivity contribution in [3.8, 4) is 5.75 Å². The Kier molecular flexibility index (Phi) is 6.44. The predicted molar refractivity (Wildman–Crippen MR) is 105 cm³/mol. The van der Waals surface area contributed by atoms with Gasteiger partial charge in [0.1, 0.15) is 17.7 Å². The summed E-state index contributed by atoms with van der Waals surface area (Å²) < 4.78 is 5.31. The molecule has 8 nitrogen and oxygen atoms in total. The molecule has 3 rings (SSSR count). The quantitative estimate of drug-likeness (QED) is 0.694. The number of likely N-dealkylation sites (tertiary alicyclic amines) is 1. The van der Waals surface area contributed by atoms with Gasteiger partial charge in [0.15, 0.2) is 5.75 Å². The zero-order chi connectivity index (χ0) is 21.1. The summed E-state index contributed by atoms with van der Waals surface area (Å²) in [5.74, 6) is -0.645. The highest BCUT2D eigenvalue weighted by molar-refractivity contribution is 6.30. The number of nitrogens with one attached hydrogen (secondary N) is 1. The average molecular weight is 422 g/mol. The van der Waals surface area contributed by atoms with Crippen LogP contribution >= 0.6 is 11.6 Å². The predicted octanol–water partition coefficient (Wildman–Crippen LogP) is 2.45. The number of benzene rings is 1. The third-order valence-corrected chi connectivity index (χ3v) is 5.09. The molecule has 2 aromatic rings. The number of amides is 2. The summed E-state index contributed by atoms with van der Waals surface area (Å²) in [4.78, 5) is 32.6. The van der Waals surface area contributed by atoms with Gasteiger partial charge < -0.3 is 19.4 Å². The molecule has 9 heteroatoms. The second-order valence-corrected chi connectivity index (χ2v) is 7.95. The minimum atomic E-state index is -0.852. The summed E-state index contributed by atoms with van der Waals surface area (Å²) in [5, 5.41) is 14.5. The first-order valence-electron chi connectivity index (χ1n) is 9.40. The molecule has 0 radical (unpaired) electrons. The molecule has 3 atom stereocenters. The fourth-order valence-electron chi connectivity index (χ4n) is 3.43. The van der Waals surface area contributed by atoms with E-state index in [1.807, 2.05) is 13.8 Å². The van der Waals surface area contributed by atoms with Gasteiger partial charge in [0.25, 0.3) is 5.91 Å². The monoisotopic (exact) mass is 421 g/mol. The Labute approximate surface area is 173 Å². The Morgan fingerprint density at radius 3 is 2.62 bits per heavy atom. The zero-order valence-corrected chi connectivity index (χ0v) is 17.2. The second kappa shape index (κ2) is 8.84. The molecule has 1 aliphatic heterocycles. The number of β-amino-alcohol motifs (C(OH)–C–C–N with tert-alkyl or cyclic N) is 1. The average Bonchev–Trinajstić information content (AvgIpc) is 3.26. The van der Waals surface area contributed by atoms with Crippen LogP contribution in [0.25, 0.3) is 0 Å². The van der Waals surface area contributed by atoms with Gasteiger partial charge >= 0.3 is 0 Å². The first-order valence-corrected chi connectivity index (χ1v) is 9.78. The number of carbonyl (C=O) groups excluding carboxylic acids is 2. The smallest absolute Gasteiger partial charge is 0.275 e. The Bertz CT molecular complexity index is 867. The van der Waals surface area contributed by atoms with E-state index in [0.29, 0.717) is 22.2 Å². The number of hydroxylamine groups is 1. The number of aliphatic hydroxyl groups excluding tert-OH is 1. The number of rotatable bonds is 6. The number of nitrogens with zero attached hydrogens (tertiary/aromatic N) is 2. The topological polar surface area (TPSA) is 105 Å². The van der Waals surface area contributed by atoms with Crippen LogP contribution < -0.4 is 10.3 Å². The van der Waals surface area contributed by atoms with Crippen molar-refractivity contribution >= 4 is 23.4 Å². The van der Waals surface area contributed by atoms with Crippen molar-refractivity contribution in [1.82, 2.24) is 15.5 Å². The van der Waals surface area contributed by atoms with Crippen LogP contribution in [0.1, 0.15) is 37.6 Å². The molecule has 1 aromatic carbocycles. The van der Waals surface area contributed by atoms with Crippen molar-refractivity contribution < 1.29 is 24.1 Å². The lowest BCUT2D eigenvalue weighted by atomic mass is 9.91. The van der Waals surface area contributed by atoms with Gasteiger partial charge in [-0.3, -0.25) is 9.59 Å². The largest absolute Gasteiger partial charge is 0.391 e. The van der Waals surface area contributed by atoms with Gasteiger partial charge in [-0.25, -0.2) is 0 Å². The molecule has 1 saturated heterocycles. The number of aryl methyl sites for hydroxylation is 1. The standard InChI is InChI=1S/C20H24ClN3O5/c1-11(2)18(17-8-12(3)22-29-17)20(27)24-10-14(25)9-16(24)19(26)23-28-15-6-4-13(21)5-7-15/h4-8,11,14,16,18,25H,9-10H2,1-3H3,(H,23,26). The first-order chi connectivity index (χ1) is 13.8. The second-order valence-electron chi connectivity index (χ2n) is 7.51. The van der Waals surface area contributed by atoms with Crippen molar-refractivity contribution in [2.75, 3.05) is 6.54 Å². The molecule has 2 heterocycles. The summed E-state index contributed by atoms with van der Waals surface area (Å²) in [6.07, 6.45) is -0.670. The lowest BCUT2D eigenvalue weighted by Gasteiger charge is -2.28. The van der Waals surface area contributed by atoms with E-state index >= 15 is 0 Å². The summed E-state index contributed by atoms with van der Waals surface area (Å²) in [7, 11) is 0. The number of hydrogen-bond acceptors (Lipinski definition) is 6. The van der Waals surface area contributed by atoms with Gasteiger partial charge in [-0.2, -0.15) is 5.48 Å². The third-order valence-electron chi connectivity index (χ3n) is 4.83. The first kappa shape index (κ1) is 21.1. The van der Waals surface area contributed by atoms with Crippen molar-refractivity contribution in [3.63, 3.8) is 0 Å². The molecule has 2 N–H and O–H groups in total. The van der Waals surface area contributed by atoms with E-state index in [1.54, 1.807) is 37.3 Å². The Balaban J connectivity index is 1.73. The van der Waals surface area contributed by atoms with E-state index in [-0.39, 0.29) is 24.8 Å². The number of aromatic nitrogens is 1. The number of aliphatic hydroxyl groups is 1. The summed E-state index contributed by atoms with van der Waals surface area (Å²) in [6.45, 7) is 5.63. The Hall–Kier alpha value is -2.58. The van der Waals surface area contributed by atoms with Crippen LogP contribution in [0.15, 0.2) is 34.9 Å². The Morgan fingerprint density at radius 2 is 2.03 bits per heavy atom. The van der Waals surface area contributed by atoms with E-state index < -0.39 is 24.0 Å². The molecule has 0 saturated carbocycles. The maximum atomic E-state index is 13.3. The Morgan fingerprint density at radius 1 is 1.34 bits per heavy atom. The van der Waals surface area contributed by atoms with Crippen LogP contribution in [0.5, 0.6) is 5.75 Å². The fraction of sp³-hybridized carbons (Fsp3) is 0.450. The molecule has 0 aliphatic carbocycles. The molecule has 0 spiro atoms. The van der Waals surface area contributed by atoms with Crippen LogP contribution in [0.3, 0.4) is 0 Å². The lowest BCUT2D eigenvalue weighted by Crippen LogP contribution is -2.48. The van der Waals surface area contributed by atoms with Crippen molar-refractivity contribution in [2.45, 2.75) is 45.3 Å². The summed E-state index contributed by atoms with van der Waals surface area (Å²) in [5.41, 5.74) is 3.03. The van der Waals surface area contributed by atoms with E-state index in [2.05, 4.69) is 10.6 Å². The highest BCUT2D eigenvalue weighted by Gasteiger charge is 2.43. The van der Waals surface area contributed by atoms with Crippen molar-refractivity contribution in [3.05, 3.63) is 46.8 Å². The minimum Gasteiger partial charge on any atom is -0.391 e. The summed E-state index contributed by atoms with van der Waals surface area (Å²) >= 11 is 5.83. The van der Waals surface area contributed by atoms with Gasteiger partial charge in [-0.05, 0) is 37.1 Å². The van der Waals surface area contributed by atoms with E-state index in [4.69, 9.17) is 21.0 Å². The zero-order valence-electron chi connectivity index (χ0n) is 16.5. The highest BCUT2D eigenvalue weighted by atomic mass is 35.5. The van der Waals surface area contributed by atoms with Crippen LogP contribution in [-0.4, -0.2) is 45.7 Å². The molecule has 156 valence electrons. The number of halogens is 1. The number of carbonyl (C=O) groups is 2. The van der Waals surface area contributed by atoms with Gasteiger partial charge in [-0.15, -0.1) is 0 Å². The molecular weight excluding hydrogens is 398 g/mol. The highest BCUT2D eigenvalue weighted by Crippen LogP contribution is 2.31. The van der Waals surface area contributed by atoms with Crippen molar-refractivity contribution in [2.24, 2.45) is 5.92 Å². The van der Waals surface area contributed by atoms with Gasteiger partial charge in [0, 0.05) is 24.1 Å². The SMILES string of the molecule is Cc1cc(C(C(=O)N2CC(O)CC2C(=O)NOc2ccc(Cl)cc2)C(C)C)on1. The van der Waals surface area contributed by atoms with E-state index in [0.717, 1.165) is 0 Å². The van der Waals surface area contributed by atoms with Crippen LogP contribution in [0, 0.1) is 12.8 Å². The third kappa shape index (κ3) is 4.89. The minimum absolute atomic E-state index is 0.0637. The fourth-order valence-corrected chi connectivity index (χ4v) is 3.56. The maximum Gasteiger partial charge on any atom is 0.275 e. The van der Waals surface area contributed by atoms with E-state index in [9.17, 15) is 14.7 Å². The molecular formula is C20H24ClN3O5. The van der Waals surface area contributed by atoms with Crippen molar-refractivity contribution in [1.29, 1.82) is 0 Å². The molecule has 1 aliphatic rings. The number of hydrogen-bond donors (Lipinski definition) is 2. The van der Waals surface area contributed by atoms with Crippen LogP contribution in [0.4, 0.5) is 0 Å². The normalized spacial score (nSPS) is 20.0. The molecule has 0 bridgehead atoms. The maximum absolute atomic E-state index is 13.3. The van der Waals surface area contributed by atoms with Gasteiger partial charge in [0.05, 0.1) is 11.8 Å². The molecule has 1 fully saturated rings. The van der Waals surface area contributed by atoms with Gasteiger partial charge in [-0.1, -0.05) is 30.6 Å². The van der Waals surface area contributed by atoms with E-state index in [1.165, 1.54) is 4.90 Å². The molecule has 29 heavy (non-hydrogen) atoms.